The second-order valence-corrected chi connectivity index (χ2v) is 4.72. The van der Waals surface area contributed by atoms with E-state index in [4.69, 9.17) is 4.74 Å². The van der Waals surface area contributed by atoms with Crippen LogP contribution in [-0.4, -0.2) is 31.6 Å². The third kappa shape index (κ3) is 6.15. The maximum atomic E-state index is 10.1. The van der Waals surface area contributed by atoms with Crippen molar-refractivity contribution in [2.45, 2.75) is 45.4 Å². The molecule has 0 spiro atoms. The normalized spacial score (nSPS) is 12.9. The van der Waals surface area contributed by atoms with E-state index in [9.17, 15) is 4.79 Å². The number of hydrogen-bond acceptors (Lipinski definition) is 4. The van der Waals surface area contributed by atoms with Crippen LogP contribution in [0.15, 0.2) is 12.3 Å². The molecule has 0 bridgehead atoms. The molecule has 0 radical (unpaired) electrons. The smallest absolute Gasteiger partial charge is 0.137 e. The van der Waals surface area contributed by atoms with Crippen molar-refractivity contribution in [3.05, 3.63) is 23.5 Å². The second-order valence-electron chi connectivity index (χ2n) is 4.72. The Bertz CT molecular complexity index is 391. The van der Waals surface area contributed by atoms with Gasteiger partial charge in [-0.3, -0.25) is 4.98 Å². The summed E-state index contributed by atoms with van der Waals surface area (Å²) in [5.41, 5.74) is 2.56. The van der Waals surface area contributed by atoms with E-state index in [1.807, 2.05) is 6.92 Å². The first-order chi connectivity index (χ1) is 9.81. The summed E-state index contributed by atoms with van der Waals surface area (Å²) >= 11 is 0. The molecule has 0 aliphatic heterocycles. The minimum absolute atomic E-state index is 0.568. The minimum atomic E-state index is 0.568. The summed E-state index contributed by atoms with van der Waals surface area (Å²) in [5.74, 6) is 0.839. The van der Waals surface area contributed by atoms with Crippen molar-refractivity contribution in [1.29, 1.82) is 0 Å². The number of carbonyl (C=O) groups excluding carboxylic acids is 1. The van der Waals surface area contributed by atoms with Crippen molar-refractivity contribution in [2.75, 3.05) is 20.3 Å². The minimum Gasteiger partial charge on any atom is -0.492 e. The molecule has 4 nitrogen and oxygen atoms in total. The maximum Gasteiger partial charge on any atom is 0.137 e. The summed E-state index contributed by atoms with van der Waals surface area (Å²) in [7, 11) is 1.68. The van der Waals surface area contributed by atoms with Crippen LogP contribution in [0.4, 0.5) is 0 Å². The van der Waals surface area contributed by atoms with Gasteiger partial charge in [0, 0.05) is 25.8 Å². The Kier molecular flexibility index (Phi) is 8.63. The molecule has 1 aliphatic carbocycles. The number of ether oxygens (including phenoxy) is 2. The lowest BCUT2D eigenvalue weighted by Crippen LogP contribution is -2.06. The number of hydrogen-bond donors (Lipinski definition) is 0. The van der Waals surface area contributed by atoms with Gasteiger partial charge in [-0.25, -0.2) is 0 Å². The molecule has 0 atom stereocenters. The average molecular weight is 279 g/mol. The topological polar surface area (TPSA) is 48.4 Å². The molecule has 0 N–H and O–H groups in total. The lowest BCUT2D eigenvalue weighted by molar-refractivity contribution is -0.108. The number of unbranched alkanes of at least 4 members (excludes halogenated alkanes) is 1. The third-order valence-electron chi connectivity index (χ3n) is 3.17. The Morgan fingerprint density at radius 1 is 1.35 bits per heavy atom. The van der Waals surface area contributed by atoms with Crippen molar-refractivity contribution in [2.24, 2.45) is 0 Å². The van der Waals surface area contributed by atoms with Gasteiger partial charge in [-0.15, -0.1) is 0 Å². The zero-order chi connectivity index (χ0) is 14.6. The van der Waals surface area contributed by atoms with Crippen LogP contribution in [-0.2, 0) is 22.4 Å². The molecule has 0 unspecified atom stereocenters. The summed E-state index contributed by atoms with van der Waals surface area (Å²) in [6.07, 6.45) is 8.79. The number of pyridine rings is 1. The van der Waals surface area contributed by atoms with Gasteiger partial charge in [0.05, 0.1) is 12.8 Å². The Hall–Kier alpha value is -1.42. The summed E-state index contributed by atoms with van der Waals surface area (Å²) in [6, 6.07) is 2.10. The highest BCUT2D eigenvalue weighted by atomic mass is 16.5. The van der Waals surface area contributed by atoms with Crippen LogP contribution in [0.1, 0.15) is 43.9 Å². The molecular weight excluding hydrogens is 254 g/mol. The summed E-state index contributed by atoms with van der Waals surface area (Å²) in [5, 5.41) is 0. The number of rotatable bonds is 6. The van der Waals surface area contributed by atoms with Crippen LogP contribution < -0.4 is 4.74 Å². The Morgan fingerprint density at radius 2 is 2.10 bits per heavy atom. The molecular formula is C16H25NO3. The standard InChI is InChI=1S/C13H17NO2.C3H8O/c15-7-3-4-8-16-12-9-11-5-1-2-6-13(11)14-10-12;1-3-4-2/h7,9-10H,1-6,8H2;3H2,1-2H3. The van der Waals surface area contributed by atoms with Crippen LogP contribution in [0.5, 0.6) is 5.75 Å². The number of aromatic nitrogens is 1. The van der Waals surface area contributed by atoms with E-state index in [1.54, 1.807) is 13.3 Å². The van der Waals surface area contributed by atoms with Gasteiger partial charge >= 0.3 is 0 Å². The van der Waals surface area contributed by atoms with Crippen LogP contribution in [0, 0.1) is 0 Å². The number of carbonyl (C=O) groups is 1. The fraction of sp³-hybridized carbons (Fsp3) is 0.625. The average Bonchev–Trinajstić information content (AvgIpc) is 2.51. The van der Waals surface area contributed by atoms with E-state index < -0.39 is 0 Å². The zero-order valence-corrected chi connectivity index (χ0v) is 12.6. The van der Waals surface area contributed by atoms with Crippen LogP contribution in [0.3, 0.4) is 0 Å². The SMILES string of the molecule is CCOC.O=CCCCOc1cnc2c(c1)CCCC2. The fourth-order valence-corrected chi connectivity index (χ4v) is 2.00. The van der Waals surface area contributed by atoms with E-state index >= 15 is 0 Å². The molecule has 0 fully saturated rings. The molecule has 0 aromatic carbocycles. The summed E-state index contributed by atoms with van der Waals surface area (Å²) in [4.78, 5) is 14.6. The number of fused-ring (bicyclic) bond motifs is 1. The molecule has 20 heavy (non-hydrogen) atoms. The van der Waals surface area contributed by atoms with Crippen molar-refractivity contribution >= 4 is 6.29 Å². The van der Waals surface area contributed by atoms with Gasteiger partial charge in [-0.1, -0.05) is 0 Å². The molecule has 1 aliphatic rings. The van der Waals surface area contributed by atoms with E-state index in [2.05, 4.69) is 15.8 Å². The van der Waals surface area contributed by atoms with Crippen molar-refractivity contribution in [1.82, 2.24) is 4.98 Å². The fourth-order valence-electron chi connectivity index (χ4n) is 2.00. The van der Waals surface area contributed by atoms with Gasteiger partial charge in [0.15, 0.2) is 0 Å². The highest BCUT2D eigenvalue weighted by Gasteiger charge is 2.11. The van der Waals surface area contributed by atoms with E-state index in [1.165, 1.54) is 24.1 Å². The van der Waals surface area contributed by atoms with Gasteiger partial charge in [-0.2, -0.15) is 0 Å². The van der Waals surface area contributed by atoms with Crippen molar-refractivity contribution in [3.63, 3.8) is 0 Å². The zero-order valence-electron chi connectivity index (χ0n) is 12.6. The Morgan fingerprint density at radius 3 is 2.80 bits per heavy atom. The summed E-state index contributed by atoms with van der Waals surface area (Å²) < 4.78 is 10.1. The molecule has 0 saturated heterocycles. The van der Waals surface area contributed by atoms with Crippen LogP contribution >= 0.6 is 0 Å². The third-order valence-corrected chi connectivity index (χ3v) is 3.17. The predicted molar refractivity (Wildman–Crippen MR) is 79.2 cm³/mol. The molecule has 0 saturated carbocycles. The second kappa shape index (κ2) is 10.4. The largest absolute Gasteiger partial charge is 0.492 e. The Balaban J connectivity index is 0.000000444. The predicted octanol–water partition coefficient (Wildman–Crippen LogP) is 2.97. The number of aldehydes is 1. The Labute approximate surface area is 121 Å². The first-order valence-electron chi connectivity index (χ1n) is 7.35. The number of methoxy groups -OCH3 is 1. The van der Waals surface area contributed by atoms with Gasteiger partial charge in [-0.05, 0) is 50.7 Å². The molecule has 112 valence electrons. The monoisotopic (exact) mass is 279 g/mol. The van der Waals surface area contributed by atoms with Crippen molar-refractivity contribution < 1.29 is 14.3 Å². The molecule has 4 heteroatoms. The highest BCUT2D eigenvalue weighted by Crippen LogP contribution is 2.23. The highest BCUT2D eigenvalue weighted by molar-refractivity contribution is 5.49. The molecule has 2 rings (SSSR count). The quantitative estimate of drug-likeness (QED) is 0.593. The van der Waals surface area contributed by atoms with E-state index in [0.717, 1.165) is 37.9 Å². The van der Waals surface area contributed by atoms with E-state index in [0.29, 0.717) is 13.0 Å². The molecule has 0 amide bonds. The van der Waals surface area contributed by atoms with Crippen LogP contribution in [0.25, 0.3) is 0 Å². The first-order valence-corrected chi connectivity index (χ1v) is 7.35. The lowest BCUT2D eigenvalue weighted by atomic mass is 9.96. The maximum absolute atomic E-state index is 10.1. The number of aryl methyl sites for hydroxylation is 2. The van der Waals surface area contributed by atoms with Gasteiger partial charge < -0.3 is 14.3 Å². The summed E-state index contributed by atoms with van der Waals surface area (Å²) in [6.45, 7) is 3.37. The van der Waals surface area contributed by atoms with Crippen LogP contribution in [0.2, 0.25) is 0 Å². The van der Waals surface area contributed by atoms with E-state index in [-0.39, 0.29) is 0 Å². The first kappa shape index (κ1) is 16.6. The molecule has 1 heterocycles. The molecule has 1 aromatic heterocycles. The number of nitrogens with zero attached hydrogens (tertiary/aromatic N) is 1. The molecule has 1 aromatic rings. The van der Waals surface area contributed by atoms with Crippen molar-refractivity contribution in [3.8, 4) is 5.75 Å². The lowest BCUT2D eigenvalue weighted by Gasteiger charge is -2.15. The van der Waals surface area contributed by atoms with Gasteiger partial charge in [0.2, 0.25) is 0 Å². The van der Waals surface area contributed by atoms with Gasteiger partial charge in [0.1, 0.15) is 12.0 Å². The van der Waals surface area contributed by atoms with Gasteiger partial charge in [0.25, 0.3) is 0 Å².